The van der Waals surface area contributed by atoms with Gasteiger partial charge in [0.1, 0.15) is 12.6 Å². The molecule has 3 amide bonds. The quantitative estimate of drug-likeness (QED) is 0.129. The van der Waals surface area contributed by atoms with Crippen LogP contribution in [0, 0.1) is 0 Å². The number of carbonyl (C=O) groups is 3. The number of alkyl carbamates (subject to hydrolysis) is 1. The molecule has 0 spiro atoms. The third kappa shape index (κ3) is 8.97. The lowest BCUT2D eigenvalue weighted by atomic mass is 9.97. The van der Waals surface area contributed by atoms with E-state index in [1.807, 2.05) is 116 Å². The average molecular weight is 690 g/mol. The SMILES string of the molecule is C=CCN(C)CC1CC(c2ccc(CO)cc2)OC(c2ccc(-c3ccccc3CN3C(=O)CC(NC(=O)OCc4ccccc4)C3=O)cc2)O1. The molecule has 0 saturated carbocycles. The Morgan fingerprint density at radius 1 is 0.941 bits per heavy atom. The smallest absolute Gasteiger partial charge is 0.408 e. The fourth-order valence-corrected chi connectivity index (χ4v) is 6.47. The summed E-state index contributed by atoms with van der Waals surface area (Å²) in [6.45, 7) is 5.41. The zero-order valence-corrected chi connectivity index (χ0v) is 28.6. The molecule has 0 radical (unpaired) electrons. The number of aliphatic hydroxyl groups is 1. The minimum absolute atomic E-state index is 0.0175. The van der Waals surface area contributed by atoms with Gasteiger partial charge in [-0.2, -0.15) is 0 Å². The molecule has 4 atom stereocenters. The van der Waals surface area contributed by atoms with Crippen molar-refractivity contribution in [3.05, 3.63) is 144 Å². The summed E-state index contributed by atoms with van der Waals surface area (Å²) < 4.78 is 18.3. The number of likely N-dealkylation sites (tertiary alicyclic amines) is 1. The number of rotatable bonds is 13. The number of aliphatic hydroxyl groups excluding tert-OH is 1. The summed E-state index contributed by atoms with van der Waals surface area (Å²) in [5.74, 6) is -0.832. The molecule has 0 aliphatic carbocycles. The molecule has 2 fully saturated rings. The van der Waals surface area contributed by atoms with E-state index in [9.17, 15) is 19.5 Å². The third-order valence-electron chi connectivity index (χ3n) is 9.16. The van der Waals surface area contributed by atoms with Crippen molar-refractivity contribution < 1.29 is 33.7 Å². The van der Waals surface area contributed by atoms with E-state index in [0.717, 1.165) is 45.5 Å². The van der Waals surface area contributed by atoms with Crippen molar-refractivity contribution in [1.29, 1.82) is 0 Å². The van der Waals surface area contributed by atoms with Crippen molar-refractivity contribution >= 4 is 17.9 Å². The Kier molecular flexibility index (Phi) is 11.7. The Labute approximate surface area is 298 Å². The predicted molar refractivity (Wildman–Crippen MR) is 192 cm³/mol. The van der Waals surface area contributed by atoms with E-state index in [4.69, 9.17) is 14.2 Å². The molecule has 2 saturated heterocycles. The second-order valence-corrected chi connectivity index (χ2v) is 12.9. The number of benzene rings is 4. The van der Waals surface area contributed by atoms with Crippen molar-refractivity contribution in [3.8, 4) is 11.1 Å². The van der Waals surface area contributed by atoms with Gasteiger partial charge in [-0.1, -0.05) is 109 Å². The summed E-state index contributed by atoms with van der Waals surface area (Å²) in [5, 5.41) is 12.1. The van der Waals surface area contributed by atoms with Gasteiger partial charge >= 0.3 is 6.09 Å². The second kappa shape index (κ2) is 16.7. The molecule has 51 heavy (non-hydrogen) atoms. The number of amides is 3. The molecule has 2 aliphatic rings. The van der Waals surface area contributed by atoms with Crippen molar-refractivity contribution in [1.82, 2.24) is 15.1 Å². The summed E-state index contributed by atoms with van der Waals surface area (Å²) in [7, 11) is 2.04. The zero-order chi connectivity index (χ0) is 35.7. The molecule has 10 nitrogen and oxygen atoms in total. The standard InChI is InChI=1S/C41H43N3O7/c1-3-21-43(2)25-34-22-37(31-15-13-28(26-45)14-16-31)51-40(50-34)32-19-17-30(18-20-32)35-12-8-7-11-33(35)24-44-38(46)23-36(39(44)47)42-41(48)49-27-29-9-5-4-6-10-29/h3-20,34,36-37,40,45H,1,21-27H2,2H3,(H,42,48). The van der Waals surface area contributed by atoms with Crippen LogP contribution < -0.4 is 5.32 Å². The maximum atomic E-state index is 13.3. The van der Waals surface area contributed by atoms with E-state index >= 15 is 0 Å². The average Bonchev–Trinajstić information content (AvgIpc) is 3.41. The number of nitrogens with zero attached hydrogens (tertiary/aromatic N) is 2. The van der Waals surface area contributed by atoms with E-state index in [0.29, 0.717) is 13.0 Å². The Hall–Kier alpha value is -5.13. The molecule has 2 N–H and O–H groups in total. The summed E-state index contributed by atoms with van der Waals surface area (Å²) in [4.78, 5) is 42.0. The minimum atomic E-state index is -0.987. The van der Waals surface area contributed by atoms with Crippen LogP contribution in [0.25, 0.3) is 11.1 Å². The van der Waals surface area contributed by atoms with Gasteiger partial charge in [0.25, 0.3) is 5.91 Å². The molecule has 264 valence electrons. The lowest BCUT2D eigenvalue weighted by Crippen LogP contribution is -2.41. The van der Waals surface area contributed by atoms with Gasteiger partial charge in [0.2, 0.25) is 5.91 Å². The first kappa shape index (κ1) is 35.7. The third-order valence-corrected chi connectivity index (χ3v) is 9.16. The van der Waals surface area contributed by atoms with Crippen LogP contribution in [0.15, 0.2) is 116 Å². The van der Waals surface area contributed by atoms with Crippen molar-refractivity contribution in [3.63, 3.8) is 0 Å². The maximum absolute atomic E-state index is 13.3. The van der Waals surface area contributed by atoms with E-state index in [2.05, 4.69) is 16.8 Å². The topological polar surface area (TPSA) is 118 Å². The lowest BCUT2D eigenvalue weighted by molar-refractivity contribution is -0.252. The molecular formula is C41H43N3O7. The first-order chi connectivity index (χ1) is 24.8. The van der Waals surface area contributed by atoms with Gasteiger partial charge in [0.15, 0.2) is 6.29 Å². The highest BCUT2D eigenvalue weighted by Gasteiger charge is 2.40. The first-order valence-corrected chi connectivity index (χ1v) is 17.1. The number of nitrogens with one attached hydrogen (secondary N) is 1. The van der Waals surface area contributed by atoms with Crippen molar-refractivity contribution in [2.45, 2.75) is 57.1 Å². The Bertz CT molecular complexity index is 1810. The minimum Gasteiger partial charge on any atom is -0.445 e. The van der Waals surface area contributed by atoms with Crippen LogP contribution in [-0.4, -0.2) is 65.1 Å². The van der Waals surface area contributed by atoms with Gasteiger partial charge in [0, 0.05) is 25.1 Å². The molecule has 0 bridgehead atoms. The monoisotopic (exact) mass is 689 g/mol. The maximum Gasteiger partial charge on any atom is 0.408 e. The summed E-state index contributed by atoms with van der Waals surface area (Å²) >= 11 is 0. The molecule has 2 heterocycles. The lowest BCUT2D eigenvalue weighted by Gasteiger charge is -2.37. The Balaban J connectivity index is 1.13. The largest absolute Gasteiger partial charge is 0.445 e. The van der Waals surface area contributed by atoms with Crippen LogP contribution in [0.3, 0.4) is 0 Å². The molecule has 10 heteroatoms. The highest BCUT2D eigenvalue weighted by molar-refractivity contribution is 6.06. The van der Waals surface area contributed by atoms with Crippen molar-refractivity contribution in [2.75, 3.05) is 20.1 Å². The molecular weight excluding hydrogens is 646 g/mol. The Morgan fingerprint density at radius 3 is 2.37 bits per heavy atom. The molecule has 4 aromatic carbocycles. The van der Waals surface area contributed by atoms with E-state index in [1.54, 1.807) is 0 Å². The second-order valence-electron chi connectivity index (χ2n) is 12.9. The summed E-state index contributed by atoms with van der Waals surface area (Å²) in [6, 6.07) is 31.6. The van der Waals surface area contributed by atoms with Gasteiger partial charge in [-0.3, -0.25) is 14.5 Å². The van der Waals surface area contributed by atoms with E-state index in [-0.39, 0.29) is 44.3 Å². The van der Waals surface area contributed by atoms with Crippen molar-refractivity contribution in [2.24, 2.45) is 0 Å². The van der Waals surface area contributed by atoms with Gasteiger partial charge in [0.05, 0.1) is 31.8 Å². The molecule has 6 rings (SSSR count). The predicted octanol–water partition coefficient (Wildman–Crippen LogP) is 6.06. The van der Waals surface area contributed by atoms with Crippen LogP contribution >= 0.6 is 0 Å². The number of ether oxygens (including phenoxy) is 3. The van der Waals surface area contributed by atoms with Crippen LogP contribution in [0.2, 0.25) is 0 Å². The fourth-order valence-electron chi connectivity index (χ4n) is 6.47. The fraction of sp³-hybridized carbons (Fsp3) is 0.293. The molecule has 4 aromatic rings. The van der Waals surface area contributed by atoms with Gasteiger partial charge in [-0.05, 0) is 40.4 Å². The highest BCUT2D eigenvalue weighted by Crippen LogP contribution is 2.39. The number of hydrogen-bond donors (Lipinski definition) is 2. The van der Waals surface area contributed by atoms with Gasteiger partial charge < -0.3 is 29.5 Å². The van der Waals surface area contributed by atoms with Crippen LogP contribution in [0.5, 0.6) is 0 Å². The molecule has 0 aromatic heterocycles. The number of carbonyl (C=O) groups excluding carboxylic acids is 3. The normalized spacial score (nSPS) is 20.4. The summed E-state index contributed by atoms with van der Waals surface area (Å²) in [5.41, 5.74) is 6.12. The molecule has 4 unspecified atom stereocenters. The van der Waals surface area contributed by atoms with Crippen LogP contribution in [0.1, 0.15) is 53.1 Å². The first-order valence-electron chi connectivity index (χ1n) is 17.1. The van der Waals surface area contributed by atoms with Gasteiger partial charge in [-0.15, -0.1) is 6.58 Å². The van der Waals surface area contributed by atoms with Crippen LogP contribution in [0.4, 0.5) is 4.79 Å². The van der Waals surface area contributed by atoms with Crippen LogP contribution in [-0.2, 0) is 43.6 Å². The Morgan fingerprint density at radius 2 is 1.65 bits per heavy atom. The summed E-state index contributed by atoms with van der Waals surface area (Å²) in [6.07, 6.45) is 0.786. The zero-order valence-electron chi connectivity index (χ0n) is 28.6. The molecule has 2 aliphatic heterocycles. The van der Waals surface area contributed by atoms with E-state index in [1.165, 1.54) is 4.90 Å². The highest BCUT2D eigenvalue weighted by atomic mass is 16.7. The number of hydrogen-bond acceptors (Lipinski definition) is 8. The number of imide groups is 1. The number of likely N-dealkylation sites (N-methyl/N-ethyl adjacent to an activating group) is 1. The van der Waals surface area contributed by atoms with E-state index < -0.39 is 24.3 Å². The van der Waals surface area contributed by atoms with Gasteiger partial charge in [-0.25, -0.2) is 4.79 Å².